The van der Waals surface area contributed by atoms with Crippen LogP contribution < -0.4 is 9.80 Å². The minimum atomic E-state index is -0.331. The van der Waals surface area contributed by atoms with Gasteiger partial charge in [-0.05, 0) is 48.5 Å². The summed E-state index contributed by atoms with van der Waals surface area (Å²) in [7, 11) is 8.08. The Bertz CT molecular complexity index is 493. The Morgan fingerprint density at radius 3 is 1.20 bits per heavy atom. The van der Waals surface area contributed by atoms with Crippen LogP contribution in [0.4, 0.5) is 11.4 Å². The second-order valence-electron chi connectivity index (χ2n) is 5.40. The first kappa shape index (κ1) is 14.4. The summed E-state index contributed by atoms with van der Waals surface area (Å²) < 4.78 is 0. The van der Waals surface area contributed by atoms with Gasteiger partial charge >= 0.3 is 0 Å². The lowest BCUT2D eigenvalue weighted by atomic mass is 10.0. The fourth-order valence-electron chi connectivity index (χ4n) is 2.12. The smallest absolute Gasteiger partial charge is 0.206 e. The molecule has 0 aliphatic carbocycles. The Labute approximate surface area is 121 Å². The molecule has 2 aromatic carbocycles. The number of rotatable bonds is 4. The molecular formula is C17H23N2O+. The minimum Gasteiger partial charge on any atom is -0.436 e. The Balaban J connectivity index is 2.19. The third-order valence-electron chi connectivity index (χ3n) is 3.49. The standard InChI is InChI=1S/C17H22N2O/c1-18(2)15-9-5-13(6-10-15)17(20)14-7-11-16(12-8-14)19(3)4/h5-12,17,20H,1-4H3/p+1. The lowest BCUT2D eigenvalue weighted by Gasteiger charge is -2.15. The minimum absolute atomic E-state index is 0.331. The third-order valence-corrected chi connectivity index (χ3v) is 3.49. The van der Waals surface area contributed by atoms with Gasteiger partial charge in [-0.15, -0.1) is 0 Å². The highest BCUT2D eigenvalue weighted by atomic mass is 16.3. The molecule has 0 heterocycles. The van der Waals surface area contributed by atoms with Crippen LogP contribution in [0.3, 0.4) is 0 Å². The number of benzene rings is 2. The van der Waals surface area contributed by atoms with E-state index in [4.69, 9.17) is 5.11 Å². The molecule has 0 saturated heterocycles. The maximum absolute atomic E-state index is 8.38. The van der Waals surface area contributed by atoms with Gasteiger partial charge in [0.25, 0.3) is 0 Å². The zero-order valence-electron chi connectivity index (χ0n) is 12.6. The SMILES string of the molecule is CN(C)c1ccc(C([OH2+])c2ccc(N(C)C)cc2)cc1. The molecule has 0 bridgehead atoms. The molecule has 3 heteroatoms. The average Bonchev–Trinajstić information content (AvgIpc) is 2.46. The monoisotopic (exact) mass is 271 g/mol. The van der Waals surface area contributed by atoms with Gasteiger partial charge in [0.2, 0.25) is 6.10 Å². The molecule has 0 aliphatic rings. The molecule has 2 rings (SSSR count). The van der Waals surface area contributed by atoms with E-state index in [1.807, 2.05) is 52.5 Å². The van der Waals surface area contributed by atoms with E-state index >= 15 is 0 Å². The predicted octanol–water partition coefficient (Wildman–Crippen LogP) is 2.63. The lowest BCUT2D eigenvalue weighted by Crippen LogP contribution is -2.09. The van der Waals surface area contributed by atoms with Gasteiger partial charge in [0.05, 0.1) is 0 Å². The highest BCUT2D eigenvalue weighted by molar-refractivity contribution is 5.49. The van der Waals surface area contributed by atoms with Gasteiger partial charge in [-0.3, -0.25) is 0 Å². The summed E-state index contributed by atoms with van der Waals surface area (Å²) in [6.07, 6.45) is -0.331. The van der Waals surface area contributed by atoms with Crippen molar-refractivity contribution < 1.29 is 5.11 Å². The van der Waals surface area contributed by atoms with E-state index in [0.717, 1.165) is 22.5 Å². The van der Waals surface area contributed by atoms with Gasteiger partial charge in [0.15, 0.2) is 0 Å². The molecule has 0 saturated carbocycles. The van der Waals surface area contributed by atoms with Gasteiger partial charge in [0.1, 0.15) is 0 Å². The van der Waals surface area contributed by atoms with Crippen molar-refractivity contribution in [3.8, 4) is 0 Å². The van der Waals surface area contributed by atoms with Gasteiger partial charge in [-0.25, -0.2) is 0 Å². The van der Waals surface area contributed by atoms with Crippen LogP contribution in [0.5, 0.6) is 0 Å². The van der Waals surface area contributed by atoms with Gasteiger partial charge in [0, 0.05) is 50.7 Å². The number of hydrogen-bond donors (Lipinski definition) is 0. The summed E-state index contributed by atoms with van der Waals surface area (Å²) in [4.78, 5) is 4.13. The number of hydrogen-bond acceptors (Lipinski definition) is 2. The van der Waals surface area contributed by atoms with Gasteiger partial charge in [-0.1, -0.05) is 0 Å². The predicted molar refractivity (Wildman–Crippen MR) is 87.0 cm³/mol. The molecule has 2 N–H and O–H groups in total. The summed E-state index contributed by atoms with van der Waals surface area (Å²) in [5.74, 6) is 0. The molecule has 0 radical (unpaired) electrons. The number of nitrogens with zero attached hydrogens (tertiary/aromatic N) is 2. The molecule has 0 aliphatic heterocycles. The van der Waals surface area contributed by atoms with Crippen LogP contribution in [0.1, 0.15) is 17.2 Å². The van der Waals surface area contributed by atoms with E-state index in [0.29, 0.717) is 0 Å². The van der Waals surface area contributed by atoms with Gasteiger partial charge < -0.3 is 14.9 Å². The lowest BCUT2D eigenvalue weighted by molar-refractivity contribution is 0.220. The van der Waals surface area contributed by atoms with E-state index in [1.165, 1.54) is 0 Å². The maximum atomic E-state index is 8.38. The topological polar surface area (TPSA) is 29.4 Å². The third kappa shape index (κ3) is 3.11. The van der Waals surface area contributed by atoms with Crippen molar-refractivity contribution in [3.63, 3.8) is 0 Å². The molecule has 3 nitrogen and oxygen atoms in total. The van der Waals surface area contributed by atoms with E-state index in [1.54, 1.807) is 0 Å². The van der Waals surface area contributed by atoms with Crippen LogP contribution in [0, 0.1) is 0 Å². The van der Waals surface area contributed by atoms with Crippen molar-refractivity contribution in [1.82, 2.24) is 0 Å². The molecule has 0 fully saturated rings. The summed E-state index contributed by atoms with van der Waals surface area (Å²) in [6.45, 7) is 0. The van der Waals surface area contributed by atoms with Crippen LogP contribution in [-0.4, -0.2) is 33.3 Å². The largest absolute Gasteiger partial charge is 0.436 e. The molecular weight excluding hydrogens is 248 g/mol. The van der Waals surface area contributed by atoms with Crippen molar-refractivity contribution in [2.75, 3.05) is 38.0 Å². The Kier molecular flexibility index (Phi) is 4.30. The van der Waals surface area contributed by atoms with Crippen molar-refractivity contribution in [3.05, 3.63) is 59.7 Å². The summed E-state index contributed by atoms with van der Waals surface area (Å²) in [6, 6.07) is 16.4. The van der Waals surface area contributed by atoms with E-state index in [-0.39, 0.29) is 6.10 Å². The van der Waals surface area contributed by atoms with Crippen LogP contribution in [-0.2, 0) is 0 Å². The first-order chi connectivity index (χ1) is 9.49. The van der Waals surface area contributed by atoms with Crippen LogP contribution in [0.2, 0.25) is 0 Å². The fourth-order valence-corrected chi connectivity index (χ4v) is 2.12. The first-order valence-electron chi connectivity index (χ1n) is 6.74. The molecule has 0 aromatic heterocycles. The van der Waals surface area contributed by atoms with Crippen LogP contribution >= 0.6 is 0 Å². The normalized spacial score (nSPS) is 10.7. The van der Waals surface area contributed by atoms with Crippen LogP contribution in [0.25, 0.3) is 0 Å². The quantitative estimate of drug-likeness (QED) is 0.800. The van der Waals surface area contributed by atoms with Crippen molar-refractivity contribution in [2.45, 2.75) is 6.10 Å². The van der Waals surface area contributed by atoms with E-state index < -0.39 is 0 Å². The Morgan fingerprint density at radius 2 is 0.950 bits per heavy atom. The zero-order valence-corrected chi connectivity index (χ0v) is 12.6. The fraction of sp³-hybridized carbons (Fsp3) is 0.294. The summed E-state index contributed by atoms with van der Waals surface area (Å²) >= 11 is 0. The van der Waals surface area contributed by atoms with E-state index in [9.17, 15) is 0 Å². The molecule has 0 unspecified atom stereocenters. The highest BCUT2D eigenvalue weighted by Gasteiger charge is 2.15. The molecule has 20 heavy (non-hydrogen) atoms. The maximum Gasteiger partial charge on any atom is 0.206 e. The second kappa shape index (κ2) is 5.97. The van der Waals surface area contributed by atoms with Crippen molar-refractivity contribution in [2.24, 2.45) is 0 Å². The Hall–Kier alpha value is -2.00. The second-order valence-corrected chi connectivity index (χ2v) is 5.40. The zero-order chi connectivity index (χ0) is 14.7. The van der Waals surface area contributed by atoms with E-state index in [2.05, 4.69) is 34.1 Å². The molecule has 0 amide bonds. The summed E-state index contributed by atoms with van der Waals surface area (Å²) in [5.41, 5.74) is 4.36. The molecule has 0 atom stereocenters. The first-order valence-corrected chi connectivity index (χ1v) is 6.74. The summed E-state index contributed by atoms with van der Waals surface area (Å²) in [5, 5.41) is 8.38. The van der Waals surface area contributed by atoms with Gasteiger partial charge in [-0.2, -0.15) is 0 Å². The number of anilines is 2. The average molecular weight is 271 g/mol. The van der Waals surface area contributed by atoms with Crippen molar-refractivity contribution in [1.29, 1.82) is 0 Å². The van der Waals surface area contributed by atoms with Crippen molar-refractivity contribution >= 4 is 11.4 Å². The highest BCUT2D eigenvalue weighted by Crippen LogP contribution is 2.25. The Morgan fingerprint density at radius 1 is 0.650 bits per heavy atom. The molecule has 0 spiro atoms. The molecule has 106 valence electrons. The van der Waals surface area contributed by atoms with Crippen LogP contribution in [0.15, 0.2) is 48.5 Å². The molecule has 2 aromatic rings.